The second kappa shape index (κ2) is 8.72. The third-order valence-corrected chi connectivity index (χ3v) is 2.33. The van der Waals surface area contributed by atoms with E-state index in [9.17, 15) is 40.7 Å². The fraction of sp³-hybridized carbons (Fsp3) is 0.615. The Morgan fingerprint density at radius 1 is 1.00 bits per heavy atom. The minimum absolute atomic E-state index is 0.202. The van der Waals surface area contributed by atoms with Gasteiger partial charge in [0.2, 0.25) is 0 Å². The quantitative estimate of drug-likeness (QED) is 0.264. The van der Waals surface area contributed by atoms with Crippen LogP contribution in [0.1, 0.15) is 13.8 Å². The highest BCUT2D eigenvalue weighted by Gasteiger charge is 2.51. The molecule has 0 aliphatic rings. The topological polar surface area (TPSA) is 78.9 Å². The number of alkyl halides is 6. The first-order valence-electron chi connectivity index (χ1n) is 6.44. The Hall–Kier alpha value is -2.27. The average molecular weight is 380 g/mol. The molecular formula is C13H14F6O6. The third kappa shape index (κ3) is 7.44. The summed E-state index contributed by atoms with van der Waals surface area (Å²) in [5.74, 6) is -14.8. The van der Waals surface area contributed by atoms with E-state index in [-0.39, 0.29) is 12.5 Å². The molecular weight excluding hydrogens is 366 g/mol. The lowest BCUT2D eigenvalue weighted by molar-refractivity contribution is -0.199. The van der Waals surface area contributed by atoms with E-state index in [4.69, 9.17) is 0 Å². The van der Waals surface area contributed by atoms with Crippen molar-refractivity contribution < 1.29 is 54.9 Å². The van der Waals surface area contributed by atoms with Gasteiger partial charge < -0.3 is 14.2 Å². The highest BCUT2D eigenvalue weighted by Crippen LogP contribution is 2.24. The number of halogens is 6. The molecule has 12 heteroatoms. The maximum absolute atomic E-state index is 12.7. The highest BCUT2D eigenvalue weighted by atomic mass is 19.3. The van der Waals surface area contributed by atoms with E-state index >= 15 is 0 Å². The molecule has 0 saturated heterocycles. The molecule has 0 rings (SSSR count). The normalized spacial score (nSPS) is 13.2. The molecule has 25 heavy (non-hydrogen) atoms. The van der Waals surface area contributed by atoms with E-state index in [2.05, 4.69) is 20.8 Å². The first-order chi connectivity index (χ1) is 11.2. The van der Waals surface area contributed by atoms with Crippen LogP contribution in [0.25, 0.3) is 0 Å². The summed E-state index contributed by atoms with van der Waals surface area (Å²) in [6, 6.07) is 0. The first-order valence-corrected chi connectivity index (χ1v) is 6.44. The van der Waals surface area contributed by atoms with Crippen LogP contribution in [0.5, 0.6) is 0 Å². The summed E-state index contributed by atoms with van der Waals surface area (Å²) in [4.78, 5) is 33.1. The molecule has 1 atom stereocenters. The Bertz CT molecular complexity index is 528. The molecule has 0 spiro atoms. The predicted molar refractivity (Wildman–Crippen MR) is 68.2 cm³/mol. The number of esters is 3. The van der Waals surface area contributed by atoms with Crippen LogP contribution in [-0.2, 0) is 28.6 Å². The van der Waals surface area contributed by atoms with Gasteiger partial charge in [-0.05, 0) is 6.92 Å². The molecule has 0 aliphatic heterocycles. The predicted octanol–water partition coefficient (Wildman–Crippen LogP) is 2.12. The van der Waals surface area contributed by atoms with Crippen LogP contribution in [0, 0.1) is 0 Å². The van der Waals surface area contributed by atoms with Crippen LogP contribution in [0.3, 0.4) is 0 Å². The summed E-state index contributed by atoms with van der Waals surface area (Å²) >= 11 is 0. The van der Waals surface area contributed by atoms with Crippen molar-refractivity contribution in [3.05, 3.63) is 12.2 Å². The smallest absolute Gasteiger partial charge is 0.401 e. The van der Waals surface area contributed by atoms with Gasteiger partial charge in [-0.15, -0.1) is 0 Å². The zero-order valence-corrected chi connectivity index (χ0v) is 13.0. The monoisotopic (exact) mass is 380 g/mol. The third-order valence-electron chi connectivity index (χ3n) is 2.33. The number of hydrogen-bond donors (Lipinski definition) is 0. The van der Waals surface area contributed by atoms with Gasteiger partial charge in [-0.3, -0.25) is 0 Å². The molecule has 6 nitrogen and oxygen atoms in total. The van der Waals surface area contributed by atoms with E-state index < -0.39 is 55.5 Å². The Morgan fingerprint density at radius 3 is 1.80 bits per heavy atom. The minimum Gasteiger partial charge on any atom is -0.457 e. The van der Waals surface area contributed by atoms with Crippen molar-refractivity contribution in [2.24, 2.45) is 0 Å². The second-order valence-electron chi connectivity index (χ2n) is 4.82. The zero-order chi connectivity index (χ0) is 20.0. The van der Waals surface area contributed by atoms with Crippen LogP contribution >= 0.6 is 0 Å². The lowest BCUT2D eigenvalue weighted by atomic mass is 10.3. The highest BCUT2D eigenvalue weighted by molar-refractivity contribution is 5.87. The van der Waals surface area contributed by atoms with E-state index in [1.165, 1.54) is 6.92 Å². The average Bonchev–Trinajstić information content (AvgIpc) is 2.47. The van der Waals surface area contributed by atoms with Crippen molar-refractivity contribution in [2.45, 2.75) is 38.2 Å². The summed E-state index contributed by atoms with van der Waals surface area (Å²) in [5, 5.41) is 0. The maximum atomic E-state index is 12.7. The molecule has 0 fully saturated rings. The van der Waals surface area contributed by atoms with Crippen molar-refractivity contribution in [3.8, 4) is 0 Å². The van der Waals surface area contributed by atoms with Gasteiger partial charge in [0.25, 0.3) is 0 Å². The number of carbonyl (C=O) groups is 3. The fourth-order valence-electron chi connectivity index (χ4n) is 1.02. The molecule has 0 saturated carbocycles. The summed E-state index contributed by atoms with van der Waals surface area (Å²) in [6.07, 6.45) is -6.15. The summed E-state index contributed by atoms with van der Waals surface area (Å²) < 4.78 is 87.2. The van der Waals surface area contributed by atoms with E-state index in [0.717, 1.165) is 0 Å². The molecule has 0 radical (unpaired) electrons. The summed E-state index contributed by atoms with van der Waals surface area (Å²) in [5.41, 5.74) is -0.207. The summed E-state index contributed by atoms with van der Waals surface area (Å²) in [7, 11) is 0. The number of carbonyl (C=O) groups excluding carboxylic acids is 3. The number of ether oxygens (including phenoxy) is 3. The molecule has 0 aromatic heterocycles. The van der Waals surface area contributed by atoms with Gasteiger partial charge in [-0.2, -0.15) is 17.6 Å². The van der Waals surface area contributed by atoms with E-state index in [1.807, 2.05) is 0 Å². The molecule has 0 N–H and O–H groups in total. The lowest BCUT2D eigenvalue weighted by Crippen LogP contribution is -2.41. The van der Waals surface area contributed by atoms with Crippen molar-refractivity contribution in [1.29, 1.82) is 0 Å². The Balaban J connectivity index is 4.91. The zero-order valence-electron chi connectivity index (χ0n) is 13.0. The molecule has 0 aromatic carbocycles. The molecule has 0 bridgehead atoms. The van der Waals surface area contributed by atoms with Crippen LogP contribution < -0.4 is 0 Å². The molecule has 0 heterocycles. The summed E-state index contributed by atoms with van der Waals surface area (Å²) in [6.45, 7) is 2.19. The van der Waals surface area contributed by atoms with Gasteiger partial charge in [0.05, 0.1) is 0 Å². The van der Waals surface area contributed by atoms with Crippen molar-refractivity contribution >= 4 is 17.9 Å². The van der Waals surface area contributed by atoms with Crippen molar-refractivity contribution in [3.63, 3.8) is 0 Å². The van der Waals surface area contributed by atoms with Crippen LogP contribution in [0.2, 0.25) is 0 Å². The van der Waals surface area contributed by atoms with Gasteiger partial charge in [-0.25, -0.2) is 23.2 Å². The Kier molecular flexibility index (Phi) is 7.93. The van der Waals surface area contributed by atoms with Crippen LogP contribution in [0.4, 0.5) is 26.3 Å². The van der Waals surface area contributed by atoms with Gasteiger partial charge >= 0.3 is 36.2 Å². The molecule has 144 valence electrons. The Labute approximate surface area is 137 Å². The van der Waals surface area contributed by atoms with E-state index in [1.54, 1.807) is 0 Å². The molecule has 1 unspecified atom stereocenters. The van der Waals surface area contributed by atoms with Crippen LogP contribution in [0.15, 0.2) is 12.2 Å². The van der Waals surface area contributed by atoms with Gasteiger partial charge in [0.1, 0.15) is 13.2 Å². The van der Waals surface area contributed by atoms with E-state index in [0.29, 0.717) is 0 Å². The van der Waals surface area contributed by atoms with Crippen molar-refractivity contribution in [1.82, 2.24) is 0 Å². The Morgan fingerprint density at radius 2 is 1.44 bits per heavy atom. The fourth-order valence-corrected chi connectivity index (χ4v) is 1.02. The number of rotatable bonds is 9. The first kappa shape index (κ1) is 22.7. The maximum Gasteiger partial charge on any atom is 0.401 e. The minimum atomic E-state index is -5.13. The van der Waals surface area contributed by atoms with Crippen molar-refractivity contribution in [2.75, 3.05) is 13.2 Å². The largest absolute Gasteiger partial charge is 0.457 e. The van der Waals surface area contributed by atoms with Gasteiger partial charge in [0.15, 0.2) is 6.10 Å². The molecule has 0 aliphatic carbocycles. The lowest BCUT2D eigenvalue weighted by Gasteiger charge is -2.20. The van der Waals surface area contributed by atoms with Crippen LogP contribution in [-0.4, -0.2) is 55.5 Å². The van der Waals surface area contributed by atoms with Gasteiger partial charge in [-0.1, -0.05) is 6.58 Å². The standard InChI is InChI=1S/C13H14F6O6/c1-6(2)8(20)25-7(4-23-10(21)12(3,16)17)5-24-11(22)13(18,19)9(14)15/h7,9H,1,4-5H2,2-3H3. The number of hydrogen-bond acceptors (Lipinski definition) is 6. The molecule has 0 aromatic rings. The SMILES string of the molecule is C=C(C)C(=O)OC(COC(=O)C(C)(F)F)COC(=O)C(F)(F)C(F)F. The second-order valence-corrected chi connectivity index (χ2v) is 4.82. The molecule has 0 amide bonds. The van der Waals surface area contributed by atoms with Gasteiger partial charge in [0, 0.05) is 12.5 Å².